The molecular formula is C7H5NO2. The largest absolute Gasteiger partial charge is 0.298 e. The van der Waals surface area contributed by atoms with Crippen LogP contribution < -0.4 is 0 Å². The summed E-state index contributed by atoms with van der Waals surface area (Å²) in [5.41, 5.74) is 0.523. The second-order valence-electron chi connectivity index (χ2n) is 1.77. The highest BCUT2D eigenvalue weighted by Crippen LogP contribution is 2.14. The van der Waals surface area contributed by atoms with Crippen LogP contribution in [0, 0.1) is 4.91 Å². The molecule has 0 radical (unpaired) electrons. The Kier molecular flexibility index (Phi) is 1.89. The zero-order chi connectivity index (χ0) is 7.40. The molecule has 0 unspecified atom stereocenters. The van der Waals surface area contributed by atoms with Crippen LogP contribution in [0.2, 0.25) is 0 Å². The second-order valence-corrected chi connectivity index (χ2v) is 1.77. The van der Waals surface area contributed by atoms with Crippen molar-refractivity contribution in [1.82, 2.24) is 0 Å². The Balaban J connectivity index is 3.20. The number of rotatable bonds is 2. The molecule has 0 aliphatic rings. The third-order valence-electron chi connectivity index (χ3n) is 1.16. The number of nitroso groups, excluding NO2 is 1. The van der Waals surface area contributed by atoms with Gasteiger partial charge in [-0.2, -0.15) is 0 Å². The molecule has 0 saturated heterocycles. The van der Waals surface area contributed by atoms with Gasteiger partial charge in [-0.3, -0.25) is 4.79 Å². The van der Waals surface area contributed by atoms with Gasteiger partial charge in [-0.15, -0.1) is 4.91 Å². The molecule has 3 nitrogen and oxygen atoms in total. The van der Waals surface area contributed by atoms with E-state index in [0.29, 0.717) is 11.8 Å². The summed E-state index contributed by atoms with van der Waals surface area (Å²) in [6, 6.07) is 6.38. The van der Waals surface area contributed by atoms with E-state index in [4.69, 9.17) is 0 Å². The Bertz CT molecular complexity index is 231. The van der Waals surface area contributed by atoms with Crippen LogP contribution in [0.15, 0.2) is 29.4 Å². The van der Waals surface area contributed by atoms with Crippen molar-refractivity contribution in [3.05, 3.63) is 34.7 Å². The van der Waals surface area contributed by atoms with Crippen molar-refractivity contribution in [2.75, 3.05) is 0 Å². The monoisotopic (exact) mass is 135 g/mol. The SMILES string of the molecule is O=Cc1ccccc1N=O. The quantitative estimate of drug-likeness (QED) is 0.459. The highest BCUT2D eigenvalue weighted by molar-refractivity contribution is 5.82. The molecule has 0 N–H and O–H groups in total. The van der Waals surface area contributed by atoms with Gasteiger partial charge in [0.15, 0.2) is 6.29 Å². The van der Waals surface area contributed by atoms with Gasteiger partial charge in [-0.25, -0.2) is 0 Å². The van der Waals surface area contributed by atoms with Crippen molar-refractivity contribution in [2.24, 2.45) is 5.18 Å². The van der Waals surface area contributed by atoms with Crippen molar-refractivity contribution in [3.63, 3.8) is 0 Å². The fourth-order valence-electron chi connectivity index (χ4n) is 0.670. The first-order chi connectivity index (χ1) is 4.88. The van der Waals surface area contributed by atoms with Gasteiger partial charge in [0.2, 0.25) is 0 Å². The lowest BCUT2D eigenvalue weighted by molar-refractivity contribution is 0.112. The summed E-state index contributed by atoms with van der Waals surface area (Å²) in [6.07, 6.45) is 0.608. The lowest BCUT2D eigenvalue weighted by Gasteiger charge is -1.89. The number of carbonyl (C=O) groups excluding carboxylic acids is 1. The first-order valence-electron chi connectivity index (χ1n) is 2.76. The number of hydrogen-bond acceptors (Lipinski definition) is 3. The molecule has 10 heavy (non-hydrogen) atoms. The normalized spacial score (nSPS) is 8.80. The fourth-order valence-corrected chi connectivity index (χ4v) is 0.670. The van der Waals surface area contributed by atoms with Gasteiger partial charge in [0, 0.05) is 5.56 Å². The summed E-state index contributed by atoms with van der Waals surface area (Å²) in [7, 11) is 0. The van der Waals surface area contributed by atoms with Crippen LogP contribution in [0.5, 0.6) is 0 Å². The van der Waals surface area contributed by atoms with Gasteiger partial charge in [0.25, 0.3) is 0 Å². The number of benzene rings is 1. The molecular weight excluding hydrogens is 130 g/mol. The third kappa shape index (κ3) is 1.07. The smallest absolute Gasteiger partial charge is 0.152 e. The van der Waals surface area contributed by atoms with Crippen LogP contribution in [-0.2, 0) is 0 Å². The Morgan fingerprint density at radius 2 is 2.00 bits per heavy atom. The van der Waals surface area contributed by atoms with Crippen LogP contribution in [-0.4, -0.2) is 6.29 Å². The molecule has 0 saturated carbocycles. The topological polar surface area (TPSA) is 46.5 Å². The molecule has 0 aromatic heterocycles. The van der Waals surface area contributed by atoms with Crippen LogP contribution in [0.25, 0.3) is 0 Å². The molecule has 0 fully saturated rings. The van der Waals surface area contributed by atoms with Gasteiger partial charge >= 0.3 is 0 Å². The predicted octanol–water partition coefficient (Wildman–Crippen LogP) is 1.90. The number of carbonyl (C=O) groups is 1. The van der Waals surface area contributed by atoms with Crippen molar-refractivity contribution in [1.29, 1.82) is 0 Å². The predicted molar refractivity (Wildman–Crippen MR) is 37.3 cm³/mol. The van der Waals surface area contributed by atoms with Crippen molar-refractivity contribution in [2.45, 2.75) is 0 Å². The molecule has 0 aliphatic heterocycles. The zero-order valence-corrected chi connectivity index (χ0v) is 5.15. The molecule has 1 rings (SSSR count). The van der Waals surface area contributed by atoms with Gasteiger partial charge in [0.1, 0.15) is 5.69 Å². The average molecular weight is 135 g/mol. The minimum absolute atomic E-state index is 0.192. The standard InChI is InChI=1S/C7H5NO2/c9-5-6-3-1-2-4-7(6)8-10/h1-5H. The van der Waals surface area contributed by atoms with Gasteiger partial charge in [-0.1, -0.05) is 12.1 Å². The summed E-state index contributed by atoms with van der Waals surface area (Å²) in [5, 5.41) is 2.66. The van der Waals surface area contributed by atoms with E-state index in [-0.39, 0.29) is 5.69 Å². The summed E-state index contributed by atoms with van der Waals surface area (Å²) in [6.45, 7) is 0. The molecule has 0 amide bonds. The number of aldehydes is 1. The van der Waals surface area contributed by atoms with E-state index >= 15 is 0 Å². The lowest BCUT2D eigenvalue weighted by Crippen LogP contribution is -1.77. The maximum atomic E-state index is 10.2. The lowest BCUT2D eigenvalue weighted by atomic mass is 10.2. The van der Waals surface area contributed by atoms with Gasteiger partial charge in [0.05, 0.1) is 0 Å². The van der Waals surface area contributed by atoms with Crippen LogP contribution in [0.1, 0.15) is 10.4 Å². The molecule has 0 atom stereocenters. The van der Waals surface area contributed by atoms with E-state index in [9.17, 15) is 9.70 Å². The summed E-state index contributed by atoms with van der Waals surface area (Å²) < 4.78 is 0. The number of nitrogens with zero attached hydrogens (tertiary/aromatic N) is 1. The molecule has 0 spiro atoms. The van der Waals surface area contributed by atoms with Crippen molar-refractivity contribution >= 4 is 12.0 Å². The fraction of sp³-hybridized carbons (Fsp3) is 0. The summed E-state index contributed by atoms with van der Waals surface area (Å²) in [4.78, 5) is 20.2. The molecule has 3 heteroatoms. The second kappa shape index (κ2) is 2.87. The van der Waals surface area contributed by atoms with Gasteiger partial charge in [-0.05, 0) is 17.3 Å². The van der Waals surface area contributed by atoms with E-state index in [0.717, 1.165) is 0 Å². The Morgan fingerprint density at radius 3 is 2.50 bits per heavy atom. The van der Waals surface area contributed by atoms with E-state index in [1.165, 1.54) is 6.07 Å². The van der Waals surface area contributed by atoms with Crippen LogP contribution in [0.4, 0.5) is 5.69 Å². The molecule has 1 aromatic rings. The van der Waals surface area contributed by atoms with E-state index in [1.54, 1.807) is 18.2 Å². The minimum atomic E-state index is 0.192. The van der Waals surface area contributed by atoms with E-state index < -0.39 is 0 Å². The highest BCUT2D eigenvalue weighted by Gasteiger charge is 1.96. The molecule has 0 aliphatic carbocycles. The summed E-state index contributed by atoms with van der Waals surface area (Å²) >= 11 is 0. The molecule has 0 heterocycles. The molecule has 0 bridgehead atoms. The first-order valence-corrected chi connectivity index (χ1v) is 2.76. The zero-order valence-electron chi connectivity index (χ0n) is 5.15. The van der Waals surface area contributed by atoms with E-state index in [1.807, 2.05) is 0 Å². The number of hydrogen-bond donors (Lipinski definition) is 0. The molecule has 50 valence electrons. The Hall–Kier alpha value is -1.51. The van der Waals surface area contributed by atoms with Crippen molar-refractivity contribution < 1.29 is 4.79 Å². The highest BCUT2D eigenvalue weighted by atomic mass is 16.3. The van der Waals surface area contributed by atoms with E-state index in [2.05, 4.69) is 5.18 Å². The molecule has 1 aromatic carbocycles. The Morgan fingerprint density at radius 1 is 1.30 bits per heavy atom. The van der Waals surface area contributed by atoms with Gasteiger partial charge < -0.3 is 0 Å². The minimum Gasteiger partial charge on any atom is -0.298 e. The first kappa shape index (κ1) is 6.61. The maximum absolute atomic E-state index is 10.2. The van der Waals surface area contributed by atoms with Crippen molar-refractivity contribution in [3.8, 4) is 0 Å². The third-order valence-corrected chi connectivity index (χ3v) is 1.16. The van der Waals surface area contributed by atoms with Crippen LogP contribution >= 0.6 is 0 Å². The average Bonchev–Trinajstić information content (AvgIpc) is 2.04. The van der Waals surface area contributed by atoms with Crippen LogP contribution in [0.3, 0.4) is 0 Å². The maximum Gasteiger partial charge on any atom is 0.152 e. The summed E-state index contributed by atoms with van der Waals surface area (Å²) in [5.74, 6) is 0. The Labute approximate surface area is 57.7 Å².